The number of nitrogens with two attached hydrogens (primary N) is 1. The molecule has 0 spiro atoms. The zero-order chi connectivity index (χ0) is 14.4. The number of aliphatic carboxylic acids is 1. The minimum absolute atomic E-state index is 0. The summed E-state index contributed by atoms with van der Waals surface area (Å²) in [5, 5.41) is 8.89. The fourth-order valence-electron chi connectivity index (χ4n) is 2.00. The number of carbonyl (C=O) groups is 1. The largest absolute Gasteiger partial charge is 0.481 e. The van der Waals surface area contributed by atoms with Crippen molar-refractivity contribution in [3.05, 3.63) is 60.2 Å². The maximum atomic E-state index is 10.8. The molecule has 2 aromatic carbocycles. The van der Waals surface area contributed by atoms with Gasteiger partial charge >= 0.3 is 5.97 Å². The van der Waals surface area contributed by atoms with Gasteiger partial charge in [0.25, 0.3) is 0 Å². The highest BCUT2D eigenvalue weighted by Gasteiger charge is 2.14. The highest BCUT2D eigenvalue weighted by Crippen LogP contribution is 2.26. The Morgan fingerprint density at radius 2 is 1.76 bits per heavy atom. The van der Waals surface area contributed by atoms with Gasteiger partial charge in [-0.25, -0.2) is 0 Å². The summed E-state index contributed by atoms with van der Waals surface area (Å²) >= 11 is 0. The monoisotopic (exact) mass is 307 g/mol. The lowest BCUT2D eigenvalue weighted by Gasteiger charge is -2.14. The minimum Gasteiger partial charge on any atom is -0.481 e. The number of rotatable bonds is 6. The summed E-state index contributed by atoms with van der Waals surface area (Å²) in [7, 11) is 0. The first-order chi connectivity index (χ1) is 9.69. The van der Waals surface area contributed by atoms with Crippen LogP contribution in [0.3, 0.4) is 0 Å². The second-order valence-electron chi connectivity index (χ2n) is 4.52. The topological polar surface area (TPSA) is 72.6 Å². The number of halogens is 1. The zero-order valence-electron chi connectivity index (χ0n) is 11.4. The Bertz CT molecular complexity index is 575. The van der Waals surface area contributed by atoms with Gasteiger partial charge in [0.2, 0.25) is 0 Å². The molecular weight excluding hydrogens is 290 g/mol. The Hall–Kier alpha value is -2.04. The van der Waals surface area contributed by atoms with Gasteiger partial charge in [-0.3, -0.25) is 4.79 Å². The molecule has 0 radical (unpaired) electrons. The van der Waals surface area contributed by atoms with Crippen molar-refractivity contribution >= 4 is 18.4 Å². The summed E-state index contributed by atoms with van der Waals surface area (Å²) < 4.78 is 5.73. The number of carboxylic acid groups (broad SMARTS) is 1. The fraction of sp³-hybridized carbons (Fsp3) is 0.188. The van der Waals surface area contributed by atoms with Crippen LogP contribution in [0.1, 0.15) is 17.9 Å². The summed E-state index contributed by atoms with van der Waals surface area (Å²) in [5.74, 6) is 0.367. The minimum atomic E-state index is -0.852. The molecule has 0 amide bonds. The van der Waals surface area contributed by atoms with Crippen LogP contribution >= 0.6 is 12.4 Å². The van der Waals surface area contributed by atoms with E-state index in [1.54, 1.807) is 0 Å². The number of carboxylic acids is 1. The van der Waals surface area contributed by atoms with Crippen molar-refractivity contribution in [1.29, 1.82) is 0 Å². The molecule has 3 N–H and O–H groups in total. The Balaban J connectivity index is 0.00000220. The van der Waals surface area contributed by atoms with E-state index in [2.05, 4.69) is 0 Å². The summed E-state index contributed by atoms with van der Waals surface area (Å²) in [6, 6.07) is 16.8. The molecule has 0 saturated carbocycles. The van der Waals surface area contributed by atoms with Gasteiger partial charge in [-0.05, 0) is 36.4 Å². The normalized spacial score (nSPS) is 11.3. The predicted molar refractivity (Wildman–Crippen MR) is 84.3 cm³/mol. The highest BCUT2D eigenvalue weighted by molar-refractivity contribution is 5.85. The van der Waals surface area contributed by atoms with E-state index in [9.17, 15) is 4.79 Å². The van der Waals surface area contributed by atoms with Crippen LogP contribution in [0.5, 0.6) is 11.5 Å². The van der Waals surface area contributed by atoms with E-state index in [-0.39, 0.29) is 24.7 Å². The maximum Gasteiger partial charge on any atom is 0.304 e. The molecule has 1 unspecified atom stereocenters. The van der Waals surface area contributed by atoms with Crippen molar-refractivity contribution in [3.8, 4) is 11.5 Å². The second-order valence-corrected chi connectivity index (χ2v) is 4.52. The zero-order valence-corrected chi connectivity index (χ0v) is 12.3. The highest BCUT2D eigenvalue weighted by atomic mass is 35.5. The van der Waals surface area contributed by atoms with Crippen LogP contribution in [0, 0.1) is 0 Å². The molecular formula is C16H18ClNO3. The van der Waals surface area contributed by atoms with E-state index < -0.39 is 5.97 Å². The summed E-state index contributed by atoms with van der Waals surface area (Å²) in [6.07, 6.45) is 0.0191. The second kappa shape index (κ2) is 8.29. The van der Waals surface area contributed by atoms with Gasteiger partial charge in [0.05, 0.1) is 6.42 Å². The van der Waals surface area contributed by atoms with E-state index >= 15 is 0 Å². The Labute approximate surface area is 130 Å². The lowest BCUT2D eigenvalue weighted by Crippen LogP contribution is -2.16. The number of ether oxygens (including phenoxy) is 1. The Morgan fingerprint density at radius 3 is 2.38 bits per heavy atom. The van der Waals surface area contributed by atoms with E-state index in [1.165, 1.54) is 0 Å². The molecule has 21 heavy (non-hydrogen) atoms. The molecule has 0 heterocycles. The van der Waals surface area contributed by atoms with Gasteiger partial charge < -0.3 is 15.6 Å². The Morgan fingerprint density at radius 1 is 1.10 bits per heavy atom. The van der Waals surface area contributed by atoms with Crippen molar-refractivity contribution in [2.24, 2.45) is 5.73 Å². The van der Waals surface area contributed by atoms with Crippen LogP contribution in [0.15, 0.2) is 54.6 Å². The number of benzene rings is 2. The van der Waals surface area contributed by atoms with Crippen molar-refractivity contribution in [2.45, 2.75) is 12.3 Å². The van der Waals surface area contributed by atoms with Crippen LogP contribution in [0.2, 0.25) is 0 Å². The van der Waals surface area contributed by atoms with Gasteiger partial charge in [0, 0.05) is 5.92 Å². The van der Waals surface area contributed by atoms with Crippen LogP contribution < -0.4 is 10.5 Å². The predicted octanol–water partition coefficient (Wildman–Crippen LogP) is 3.42. The third kappa shape index (κ3) is 5.10. The molecule has 1 atom stereocenters. The first-order valence-corrected chi connectivity index (χ1v) is 6.44. The molecule has 0 aliphatic heterocycles. The molecule has 2 rings (SSSR count). The molecule has 0 bridgehead atoms. The smallest absolute Gasteiger partial charge is 0.304 e. The first kappa shape index (κ1) is 17.0. The average Bonchev–Trinajstić information content (AvgIpc) is 2.46. The van der Waals surface area contributed by atoms with E-state index in [1.807, 2.05) is 54.6 Å². The molecule has 5 heteroatoms. The van der Waals surface area contributed by atoms with Crippen molar-refractivity contribution in [1.82, 2.24) is 0 Å². The van der Waals surface area contributed by atoms with E-state index in [0.717, 1.165) is 11.3 Å². The van der Waals surface area contributed by atoms with Crippen molar-refractivity contribution in [3.63, 3.8) is 0 Å². The quantitative estimate of drug-likeness (QED) is 0.857. The lowest BCUT2D eigenvalue weighted by atomic mass is 9.96. The average molecular weight is 308 g/mol. The SMILES string of the molecule is Cl.NCC(CC(=O)O)c1cccc(Oc2ccccc2)c1. The van der Waals surface area contributed by atoms with Gasteiger partial charge in [-0.1, -0.05) is 30.3 Å². The molecule has 0 fully saturated rings. The summed E-state index contributed by atoms with van der Waals surface area (Å²) in [5.41, 5.74) is 6.53. The van der Waals surface area contributed by atoms with Gasteiger partial charge in [-0.2, -0.15) is 0 Å². The number of hydrogen-bond donors (Lipinski definition) is 2. The standard InChI is InChI=1S/C16H17NO3.ClH/c17-11-13(10-16(18)19)12-5-4-8-15(9-12)20-14-6-2-1-3-7-14;/h1-9,13H,10-11,17H2,(H,18,19);1H. The maximum absolute atomic E-state index is 10.8. The van der Waals surface area contributed by atoms with Gasteiger partial charge in [-0.15, -0.1) is 12.4 Å². The molecule has 0 aliphatic carbocycles. The van der Waals surface area contributed by atoms with Crippen LogP contribution in [0.25, 0.3) is 0 Å². The molecule has 112 valence electrons. The summed E-state index contributed by atoms with van der Waals surface area (Å²) in [4.78, 5) is 10.8. The van der Waals surface area contributed by atoms with Gasteiger partial charge in [0.1, 0.15) is 11.5 Å². The van der Waals surface area contributed by atoms with E-state index in [0.29, 0.717) is 12.3 Å². The van der Waals surface area contributed by atoms with Crippen LogP contribution in [-0.4, -0.2) is 17.6 Å². The first-order valence-electron chi connectivity index (χ1n) is 6.44. The van der Waals surface area contributed by atoms with Gasteiger partial charge in [0.15, 0.2) is 0 Å². The van der Waals surface area contributed by atoms with Crippen molar-refractivity contribution < 1.29 is 14.6 Å². The molecule has 0 aromatic heterocycles. The molecule has 0 aliphatic rings. The van der Waals surface area contributed by atoms with Crippen LogP contribution in [0.4, 0.5) is 0 Å². The lowest BCUT2D eigenvalue weighted by molar-refractivity contribution is -0.137. The molecule has 2 aromatic rings. The molecule has 0 saturated heterocycles. The third-order valence-corrected chi connectivity index (χ3v) is 3.01. The molecule has 4 nitrogen and oxygen atoms in total. The number of para-hydroxylation sites is 1. The van der Waals surface area contributed by atoms with E-state index in [4.69, 9.17) is 15.6 Å². The van der Waals surface area contributed by atoms with Crippen LogP contribution in [-0.2, 0) is 4.79 Å². The number of hydrogen-bond acceptors (Lipinski definition) is 3. The summed E-state index contributed by atoms with van der Waals surface area (Å²) in [6.45, 7) is 0.293. The van der Waals surface area contributed by atoms with Crippen molar-refractivity contribution in [2.75, 3.05) is 6.54 Å². The third-order valence-electron chi connectivity index (χ3n) is 3.01. The Kier molecular flexibility index (Phi) is 6.72. The fourth-order valence-corrected chi connectivity index (χ4v) is 2.00.